The van der Waals surface area contributed by atoms with Gasteiger partial charge in [0.2, 0.25) is 0 Å². The molecule has 0 aromatic heterocycles. The van der Waals surface area contributed by atoms with Gasteiger partial charge >= 0.3 is 0 Å². The number of hydrogen-bond acceptors (Lipinski definition) is 5. The molecule has 0 amide bonds. The van der Waals surface area contributed by atoms with Crippen LogP contribution in [0, 0.1) is 5.82 Å². The van der Waals surface area contributed by atoms with E-state index >= 15 is 0 Å². The highest BCUT2D eigenvalue weighted by Crippen LogP contribution is 2.45. The molecule has 0 unspecified atom stereocenters. The number of fused-ring (bicyclic) bond motifs is 3. The molecule has 0 bridgehead atoms. The second-order valence-corrected chi connectivity index (χ2v) is 8.06. The van der Waals surface area contributed by atoms with Crippen molar-refractivity contribution in [1.29, 1.82) is 0 Å². The van der Waals surface area contributed by atoms with E-state index < -0.39 is 11.6 Å². The summed E-state index contributed by atoms with van der Waals surface area (Å²) < 4.78 is 13.1. The molecule has 0 saturated heterocycles. The second kappa shape index (κ2) is 6.71. The van der Waals surface area contributed by atoms with E-state index in [-0.39, 0.29) is 50.3 Å². The first-order chi connectivity index (χ1) is 14.5. The molecule has 4 aromatic carbocycles. The van der Waals surface area contributed by atoms with Gasteiger partial charge in [-0.3, -0.25) is 9.59 Å². The van der Waals surface area contributed by atoms with Crippen LogP contribution < -0.4 is 0 Å². The Morgan fingerprint density at radius 1 is 0.667 bits per heavy atom. The van der Waals surface area contributed by atoms with Crippen LogP contribution >= 0.6 is 11.8 Å². The number of ketones is 2. The van der Waals surface area contributed by atoms with Crippen LogP contribution in [-0.4, -0.2) is 21.8 Å². The van der Waals surface area contributed by atoms with Gasteiger partial charge in [0, 0.05) is 31.7 Å². The Balaban J connectivity index is 1.70. The van der Waals surface area contributed by atoms with E-state index in [9.17, 15) is 24.2 Å². The number of rotatable bonds is 2. The van der Waals surface area contributed by atoms with E-state index in [0.717, 1.165) is 9.79 Å². The molecule has 4 aromatic rings. The van der Waals surface area contributed by atoms with Crippen molar-refractivity contribution >= 4 is 34.1 Å². The highest BCUT2D eigenvalue weighted by atomic mass is 32.2. The third-order valence-corrected chi connectivity index (χ3v) is 6.14. The van der Waals surface area contributed by atoms with Gasteiger partial charge in [0.25, 0.3) is 0 Å². The lowest BCUT2D eigenvalue weighted by Gasteiger charge is -2.21. The van der Waals surface area contributed by atoms with Crippen molar-refractivity contribution < 1.29 is 24.2 Å². The van der Waals surface area contributed by atoms with Crippen LogP contribution in [-0.2, 0) is 0 Å². The van der Waals surface area contributed by atoms with Crippen LogP contribution in [0.25, 0.3) is 10.8 Å². The van der Waals surface area contributed by atoms with E-state index in [1.54, 1.807) is 42.5 Å². The zero-order chi connectivity index (χ0) is 21.0. The van der Waals surface area contributed by atoms with Crippen LogP contribution in [0.1, 0.15) is 31.8 Å². The predicted molar refractivity (Wildman–Crippen MR) is 111 cm³/mol. The molecule has 6 heteroatoms. The molecule has 0 saturated carbocycles. The lowest BCUT2D eigenvalue weighted by molar-refractivity contribution is 0.0974. The third-order valence-electron chi connectivity index (χ3n) is 5.14. The Morgan fingerprint density at radius 2 is 1.20 bits per heavy atom. The fourth-order valence-electron chi connectivity index (χ4n) is 3.72. The van der Waals surface area contributed by atoms with Gasteiger partial charge in [-0.05, 0) is 42.5 Å². The Hall–Kier alpha value is -3.64. The summed E-state index contributed by atoms with van der Waals surface area (Å²) in [7, 11) is 0. The SMILES string of the molecule is O=C1c2ccccc2C(=O)c2c1c(O)c1ccc(Sc3ccc(F)cc3)cc1c2O. The first-order valence-electron chi connectivity index (χ1n) is 9.09. The number of phenols is 2. The molecule has 1 aliphatic rings. The maximum absolute atomic E-state index is 13.1. The first kappa shape index (κ1) is 18.4. The summed E-state index contributed by atoms with van der Waals surface area (Å²) in [6, 6.07) is 17.3. The van der Waals surface area contributed by atoms with Crippen molar-refractivity contribution in [1.82, 2.24) is 0 Å². The minimum atomic E-state index is -0.508. The van der Waals surface area contributed by atoms with Gasteiger partial charge in [-0.2, -0.15) is 0 Å². The van der Waals surface area contributed by atoms with E-state index in [0.29, 0.717) is 0 Å². The third kappa shape index (κ3) is 2.69. The highest BCUT2D eigenvalue weighted by Gasteiger charge is 2.35. The Bertz CT molecular complexity index is 1380. The monoisotopic (exact) mass is 416 g/mol. The van der Waals surface area contributed by atoms with Crippen LogP contribution in [0.15, 0.2) is 76.5 Å². The molecular formula is C24H13FO4S. The summed E-state index contributed by atoms with van der Waals surface area (Å²) in [4.78, 5) is 27.5. The summed E-state index contributed by atoms with van der Waals surface area (Å²) in [5, 5.41) is 22.3. The molecule has 0 radical (unpaired) electrons. The average Bonchev–Trinajstić information content (AvgIpc) is 2.76. The van der Waals surface area contributed by atoms with Crippen LogP contribution in [0.4, 0.5) is 4.39 Å². The van der Waals surface area contributed by atoms with Gasteiger partial charge in [0.1, 0.15) is 17.3 Å². The summed E-state index contributed by atoms with van der Waals surface area (Å²) in [6.07, 6.45) is 0. The number of benzene rings is 4. The molecule has 0 heterocycles. The number of aromatic hydroxyl groups is 2. The molecule has 30 heavy (non-hydrogen) atoms. The van der Waals surface area contributed by atoms with E-state index in [2.05, 4.69) is 0 Å². The van der Waals surface area contributed by atoms with Gasteiger partial charge in [0.15, 0.2) is 11.6 Å². The molecule has 5 rings (SSSR count). The summed E-state index contributed by atoms with van der Waals surface area (Å²) in [5.41, 5.74) is 0.0312. The molecule has 0 spiro atoms. The molecule has 4 nitrogen and oxygen atoms in total. The van der Waals surface area contributed by atoms with Crippen LogP contribution in [0.5, 0.6) is 11.5 Å². The van der Waals surface area contributed by atoms with Gasteiger partial charge in [-0.25, -0.2) is 4.39 Å². The number of hydrogen-bond donors (Lipinski definition) is 2. The Kier molecular flexibility index (Phi) is 4.11. The zero-order valence-electron chi connectivity index (χ0n) is 15.3. The van der Waals surface area contributed by atoms with Crippen molar-refractivity contribution in [3.8, 4) is 11.5 Å². The summed E-state index contributed by atoms with van der Waals surface area (Å²) in [5.74, 6) is -2.02. The van der Waals surface area contributed by atoms with Gasteiger partial charge in [0.05, 0.1) is 11.1 Å². The predicted octanol–water partition coefficient (Wildman–Crippen LogP) is 5.32. The maximum atomic E-state index is 13.1. The fourth-order valence-corrected chi connectivity index (χ4v) is 4.58. The Labute approximate surface area is 174 Å². The lowest BCUT2D eigenvalue weighted by Crippen LogP contribution is -2.21. The van der Waals surface area contributed by atoms with Crippen LogP contribution in [0.3, 0.4) is 0 Å². The van der Waals surface area contributed by atoms with E-state index in [4.69, 9.17) is 0 Å². The zero-order valence-corrected chi connectivity index (χ0v) is 16.2. The highest BCUT2D eigenvalue weighted by molar-refractivity contribution is 7.99. The van der Waals surface area contributed by atoms with E-state index in [1.165, 1.54) is 36.0 Å². The van der Waals surface area contributed by atoms with E-state index in [1.807, 2.05) is 0 Å². The number of phenolic OH excluding ortho intramolecular Hbond substituents is 2. The van der Waals surface area contributed by atoms with Gasteiger partial charge in [-0.15, -0.1) is 0 Å². The molecule has 0 aliphatic heterocycles. The summed E-state index contributed by atoms with van der Waals surface area (Å²) >= 11 is 1.34. The van der Waals surface area contributed by atoms with Crippen molar-refractivity contribution in [2.75, 3.05) is 0 Å². The van der Waals surface area contributed by atoms with Gasteiger partial charge in [-0.1, -0.05) is 36.0 Å². The molecule has 0 fully saturated rings. The largest absolute Gasteiger partial charge is 0.506 e. The quantitative estimate of drug-likeness (QED) is 0.381. The first-order valence-corrected chi connectivity index (χ1v) is 9.91. The van der Waals surface area contributed by atoms with Gasteiger partial charge < -0.3 is 10.2 Å². The minimum absolute atomic E-state index is 0.178. The average molecular weight is 416 g/mol. The standard InChI is InChI=1S/C24H13FO4S/c25-12-5-7-13(8-6-12)30-14-9-10-17-18(11-14)24(29)20-19(23(17)28)21(26)15-3-1-2-4-16(15)22(20)27/h1-11,28-29H. The maximum Gasteiger partial charge on any atom is 0.198 e. The molecule has 2 N–H and O–H groups in total. The van der Waals surface area contributed by atoms with Crippen LogP contribution in [0.2, 0.25) is 0 Å². The summed E-state index contributed by atoms with van der Waals surface area (Å²) in [6.45, 7) is 0. The fraction of sp³-hybridized carbons (Fsp3) is 0. The number of carbonyl (C=O) groups is 2. The molecule has 1 aliphatic carbocycles. The topological polar surface area (TPSA) is 74.6 Å². The lowest BCUT2D eigenvalue weighted by atomic mass is 9.81. The normalized spacial score (nSPS) is 12.7. The molecular weight excluding hydrogens is 403 g/mol. The van der Waals surface area contributed by atoms with Crippen molar-refractivity contribution in [2.24, 2.45) is 0 Å². The number of halogens is 1. The molecule has 146 valence electrons. The minimum Gasteiger partial charge on any atom is -0.506 e. The van der Waals surface area contributed by atoms with Crippen molar-refractivity contribution in [3.05, 3.63) is 94.8 Å². The smallest absolute Gasteiger partial charge is 0.198 e. The Morgan fingerprint density at radius 3 is 1.80 bits per heavy atom. The number of carbonyl (C=O) groups excluding carboxylic acids is 2. The molecule has 0 atom stereocenters. The van der Waals surface area contributed by atoms with Crippen molar-refractivity contribution in [2.45, 2.75) is 9.79 Å². The second-order valence-electron chi connectivity index (χ2n) is 6.91. The van der Waals surface area contributed by atoms with Crippen molar-refractivity contribution in [3.63, 3.8) is 0 Å².